The van der Waals surface area contributed by atoms with Crippen molar-refractivity contribution in [2.24, 2.45) is 5.14 Å². The Morgan fingerprint density at radius 3 is 2.03 bits per heavy atom. The third kappa shape index (κ3) is 8.33. The number of nitrogens with two attached hydrogens (primary N) is 1. The summed E-state index contributed by atoms with van der Waals surface area (Å²) >= 11 is 5.81. The maximum atomic E-state index is 13.4. The van der Waals surface area contributed by atoms with Gasteiger partial charge in [-0.15, -0.1) is 0 Å². The molecule has 37 heavy (non-hydrogen) atoms. The number of nitrogens with one attached hydrogen (secondary N) is 2. The SMILES string of the molecule is NS(=O)(=O)c1ccc(NC(=O)COC(=O)CC(NS(=O)(=O)c2ccc(Cl)cc2)c2ccc(F)cc2)cc1. The molecule has 0 aliphatic heterocycles. The first-order chi connectivity index (χ1) is 17.3. The molecule has 0 aromatic heterocycles. The highest BCUT2D eigenvalue weighted by Gasteiger charge is 2.25. The van der Waals surface area contributed by atoms with Crippen LogP contribution < -0.4 is 15.2 Å². The Labute approximate surface area is 217 Å². The number of esters is 1. The Kier molecular flexibility index (Phi) is 8.99. The Balaban J connectivity index is 1.66. The summed E-state index contributed by atoms with van der Waals surface area (Å²) in [5, 5.41) is 7.76. The molecule has 10 nitrogen and oxygen atoms in total. The molecule has 0 heterocycles. The van der Waals surface area contributed by atoms with Gasteiger partial charge in [-0.05, 0) is 66.2 Å². The highest BCUT2D eigenvalue weighted by molar-refractivity contribution is 7.89. The maximum absolute atomic E-state index is 13.4. The fourth-order valence-electron chi connectivity index (χ4n) is 3.09. The molecule has 196 valence electrons. The minimum absolute atomic E-state index is 0.106. The van der Waals surface area contributed by atoms with Crippen LogP contribution >= 0.6 is 11.6 Å². The number of halogens is 2. The molecule has 0 radical (unpaired) electrons. The first-order valence-electron chi connectivity index (χ1n) is 10.5. The van der Waals surface area contributed by atoms with Crippen molar-refractivity contribution in [2.75, 3.05) is 11.9 Å². The highest BCUT2D eigenvalue weighted by atomic mass is 35.5. The molecule has 14 heteroatoms. The van der Waals surface area contributed by atoms with E-state index < -0.39 is 56.8 Å². The van der Waals surface area contributed by atoms with Crippen LogP contribution in [-0.2, 0) is 34.4 Å². The van der Waals surface area contributed by atoms with Gasteiger partial charge in [0.15, 0.2) is 6.61 Å². The van der Waals surface area contributed by atoms with Crippen molar-refractivity contribution >= 4 is 49.2 Å². The third-order valence-corrected chi connectivity index (χ3v) is 7.56. The standard InChI is InChI=1S/C23H21ClFN3O7S2/c24-16-3-9-20(10-4-16)37(33,34)28-21(15-1-5-17(25)6-2-15)13-23(30)35-14-22(29)27-18-7-11-19(12-8-18)36(26,31)32/h1-12,21,28H,13-14H2,(H,27,29)(H2,26,31,32). The summed E-state index contributed by atoms with van der Waals surface area (Å²) in [5.41, 5.74) is 0.517. The van der Waals surface area contributed by atoms with Gasteiger partial charge in [-0.3, -0.25) is 9.59 Å². The van der Waals surface area contributed by atoms with Crippen molar-refractivity contribution < 1.29 is 35.6 Å². The van der Waals surface area contributed by atoms with E-state index in [1.807, 2.05) is 0 Å². The molecule has 4 N–H and O–H groups in total. The van der Waals surface area contributed by atoms with E-state index in [4.69, 9.17) is 21.5 Å². The summed E-state index contributed by atoms with van der Waals surface area (Å²) in [6, 6.07) is 14.0. The van der Waals surface area contributed by atoms with E-state index in [1.165, 1.54) is 60.7 Å². The largest absolute Gasteiger partial charge is 0.456 e. The van der Waals surface area contributed by atoms with E-state index in [-0.39, 0.29) is 21.0 Å². The molecule has 0 saturated heterocycles. The molecule has 0 bridgehead atoms. The van der Waals surface area contributed by atoms with E-state index in [9.17, 15) is 30.8 Å². The number of sulfonamides is 2. The summed E-state index contributed by atoms with van der Waals surface area (Å²) in [5.74, 6) is -2.19. The fourth-order valence-corrected chi connectivity index (χ4v) is 4.95. The molecule has 0 saturated carbocycles. The minimum Gasteiger partial charge on any atom is -0.456 e. The van der Waals surface area contributed by atoms with E-state index in [2.05, 4.69) is 10.0 Å². The summed E-state index contributed by atoms with van der Waals surface area (Å²) in [6.45, 7) is -0.699. The van der Waals surface area contributed by atoms with Crippen molar-refractivity contribution in [1.29, 1.82) is 0 Å². The van der Waals surface area contributed by atoms with Crippen LogP contribution in [0.25, 0.3) is 0 Å². The van der Waals surface area contributed by atoms with Crippen LogP contribution in [0.4, 0.5) is 10.1 Å². The molecule has 3 aromatic carbocycles. The average Bonchev–Trinajstić information content (AvgIpc) is 2.83. The Hall–Kier alpha value is -3.36. The van der Waals surface area contributed by atoms with Crippen molar-refractivity contribution in [3.8, 4) is 0 Å². The van der Waals surface area contributed by atoms with Crippen LogP contribution in [0.2, 0.25) is 5.02 Å². The van der Waals surface area contributed by atoms with Gasteiger partial charge in [-0.1, -0.05) is 23.7 Å². The molecule has 0 aliphatic rings. The molecule has 1 atom stereocenters. The number of primary sulfonamides is 1. The van der Waals surface area contributed by atoms with E-state index in [0.29, 0.717) is 5.02 Å². The minimum atomic E-state index is -4.11. The van der Waals surface area contributed by atoms with Gasteiger partial charge >= 0.3 is 5.97 Å². The van der Waals surface area contributed by atoms with Crippen molar-refractivity contribution in [1.82, 2.24) is 4.72 Å². The summed E-state index contributed by atoms with van der Waals surface area (Å²) in [7, 11) is -8.00. The van der Waals surface area contributed by atoms with Crippen molar-refractivity contribution in [2.45, 2.75) is 22.3 Å². The summed E-state index contributed by atoms with van der Waals surface area (Å²) < 4.78 is 69.0. The number of ether oxygens (including phenoxy) is 1. The van der Waals surface area contributed by atoms with Crippen LogP contribution in [-0.4, -0.2) is 35.3 Å². The normalized spacial score (nSPS) is 12.5. The highest BCUT2D eigenvalue weighted by Crippen LogP contribution is 2.22. The lowest BCUT2D eigenvalue weighted by Gasteiger charge is -2.19. The van der Waals surface area contributed by atoms with Gasteiger partial charge in [-0.25, -0.2) is 31.1 Å². The summed E-state index contributed by atoms with van der Waals surface area (Å²) in [6.07, 6.45) is -0.505. The molecular formula is C23H21ClFN3O7S2. The second-order valence-corrected chi connectivity index (χ2v) is 11.4. The number of anilines is 1. The second kappa shape index (κ2) is 11.8. The van der Waals surface area contributed by atoms with E-state index in [0.717, 1.165) is 12.1 Å². The zero-order valence-electron chi connectivity index (χ0n) is 18.9. The monoisotopic (exact) mass is 569 g/mol. The quantitative estimate of drug-likeness (QED) is 0.316. The van der Waals surface area contributed by atoms with Crippen LogP contribution in [0.5, 0.6) is 0 Å². The molecule has 1 unspecified atom stereocenters. The van der Waals surface area contributed by atoms with E-state index in [1.54, 1.807) is 0 Å². The smallest absolute Gasteiger partial charge is 0.308 e. The molecule has 0 spiro atoms. The number of rotatable bonds is 10. The molecule has 1 amide bonds. The Morgan fingerprint density at radius 2 is 1.46 bits per heavy atom. The van der Waals surface area contributed by atoms with Gasteiger partial charge in [0.25, 0.3) is 5.91 Å². The third-order valence-electron chi connectivity index (χ3n) is 4.90. The average molecular weight is 570 g/mol. The summed E-state index contributed by atoms with van der Waals surface area (Å²) in [4.78, 5) is 24.3. The zero-order chi connectivity index (χ0) is 27.2. The van der Waals surface area contributed by atoms with Gasteiger partial charge in [0.1, 0.15) is 5.82 Å². The van der Waals surface area contributed by atoms with Gasteiger partial charge in [0.05, 0.1) is 22.3 Å². The maximum Gasteiger partial charge on any atom is 0.308 e. The number of carbonyl (C=O) groups is 2. The Morgan fingerprint density at radius 1 is 0.892 bits per heavy atom. The van der Waals surface area contributed by atoms with Gasteiger partial charge in [0.2, 0.25) is 20.0 Å². The first kappa shape index (κ1) is 28.2. The Bertz CT molecular complexity index is 1480. The predicted octanol–water partition coefficient (Wildman–Crippen LogP) is 2.72. The van der Waals surface area contributed by atoms with Crippen LogP contribution in [0.3, 0.4) is 0 Å². The zero-order valence-corrected chi connectivity index (χ0v) is 21.3. The van der Waals surface area contributed by atoms with Crippen LogP contribution in [0.1, 0.15) is 18.0 Å². The topological polar surface area (TPSA) is 162 Å². The second-order valence-electron chi connectivity index (χ2n) is 7.66. The number of benzene rings is 3. The van der Waals surface area contributed by atoms with Crippen LogP contribution in [0.15, 0.2) is 82.6 Å². The van der Waals surface area contributed by atoms with E-state index >= 15 is 0 Å². The number of carbonyl (C=O) groups excluding carboxylic acids is 2. The van der Waals surface area contributed by atoms with Crippen molar-refractivity contribution in [3.05, 3.63) is 89.2 Å². The molecular weight excluding hydrogens is 549 g/mol. The number of hydrogen-bond acceptors (Lipinski definition) is 7. The predicted molar refractivity (Wildman–Crippen MR) is 133 cm³/mol. The lowest BCUT2D eigenvalue weighted by Crippen LogP contribution is -2.31. The molecule has 0 aliphatic carbocycles. The number of hydrogen-bond donors (Lipinski definition) is 3. The fraction of sp³-hybridized carbons (Fsp3) is 0.130. The van der Waals surface area contributed by atoms with Gasteiger partial charge in [0, 0.05) is 10.7 Å². The molecule has 3 rings (SSSR count). The molecule has 0 fully saturated rings. The molecule has 3 aromatic rings. The van der Waals surface area contributed by atoms with Gasteiger partial charge in [-0.2, -0.15) is 0 Å². The first-order valence-corrected chi connectivity index (χ1v) is 13.9. The lowest BCUT2D eigenvalue weighted by atomic mass is 10.1. The van der Waals surface area contributed by atoms with Crippen molar-refractivity contribution in [3.63, 3.8) is 0 Å². The lowest BCUT2D eigenvalue weighted by molar-refractivity contribution is -0.147. The van der Waals surface area contributed by atoms with Gasteiger partial charge < -0.3 is 10.1 Å². The van der Waals surface area contributed by atoms with Crippen LogP contribution in [0, 0.1) is 5.82 Å². The number of amides is 1.